The number of aromatic carboxylic acids is 1. The SMILES string of the molecule is O=C(O)c1ccc(CNS(=O)(=O)c2ccc3c(c2)CCCC3)o1. The molecule has 0 aliphatic heterocycles. The second-order valence-corrected chi connectivity index (χ2v) is 7.30. The summed E-state index contributed by atoms with van der Waals surface area (Å²) in [6.45, 7) is -0.0906. The number of fused-ring (bicyclic) bond motifs is 1. The summed E-state index contributed by atoms with van der Waals surface area (Å²) in [7, 11) is -3.66. The molecule has 1 aliphatic rings. The van der Waals surface area contributed by atoms with Crippen molar-refractivity contribution in [3.8, 4) is 0 Å². The molecule has 1 aromatic heterocycles. The summed E-state index contributed by atoms with van der Waals surface area (Å²) in [5.41, 5.74) is 2.30. The quantitative estimate of drug-likeness (QED) is 0.874. The second-order valence-electron chi connectivity index (χ2n) is 5.53. The number of carboxylic acids is 1. The van der Waals surface area contributed by atoms with E-state index >= 15 is 0 Å². The van der Waals surface area contributed by atoms with Crippen LogP contribution in [0, 0.1) is 0 Å². The van der Waals surface area contributed by atoms with E-state index < -0.39 is 16.0 Å². The largest absolute Gasteiger partial charge is 0.475 e. The van der Waals surface area contributed by atoms with Gasteiger partial charge in [0.25, 0.3) is 0 Å². The molecular weight excluding hydrogens is 318 g/mol. The van der Waals surface area contributed by atoms with Crippen molar-refractivity contribution >= 4 is 16.0 Å². The van der Waals surface area contributed by atoms with E-state index in [0.29, 0.717) is 0 Å². The molecule has 0 fully saturated rings. The standard InChI is InChI=1S/C16H17NO5S/c18-16(19)15-8-6-13(22-15)10-17-23(20,21)14-7-5-11-3-1-2-4-12(11)9-14/h5-9,17H,1-4,10H2,(H,18,19). The zero-order valence-electron chi connectivity index (χ0n) is 12.4. The van der Waals surface area contributed by atoms with Gasteiger partial charge < -0.3 is 9.52 Å². The lowest BCUT2D eigenvalue weighted by molar-refractivity contribution is 0.0660. The third kappa shape index (κ3) is 3.46. The van der Waals surface area contributed by atoms with Gasteiger partial charge in [-0.2, -0.15) is 0 Å². The fourth-order valence-corrected chi connectivity index (χ4v) is 3.76. The van der Waals surface area contributed by atoms with Crippen LogP contribution in [0.1, 0.15) is 40.3 Å². The highest BCUT2D eigenvalue weighted by atomic mass is 32.2. The monoisotopic (exact) mass is 335 g/mol. The lowest BCUT2D eigenvalue weighted by Gasteiger charge is -2.16. The second kappa shape index (κ2) is 6.17. The number of hydrogen-bond donors (Lipinski definition) is 2. The lowest BCUT2D eigenvalue weighted by Crippen LogP contribution is -2.23. The minimum atomic E-state index is -3.66. The Balaban J connectivity index is 1.74. The molecule has 0 amide bonds. The zero-order chi connectivity index (χ0) is 16.4. The Morgan fingerprint density at radius 1 is 1.13 bits per heavy atom. The van der Waals surface area contributed by atoms with Crippen molar-refractivity contribution in [1.82, 2.24) is 4.72 Å². The van der Waals surface area contributed by atoms with Gasteiger partial charge in [-0.25, -0.2) is 17.9 Å². The molecule has 0 atom stereocenters. The number of furan rings is 1. The molecule has 0 spiro atoms. The smallest absolute Gasteiger partial charge is 0.371 e. The van der Waals surface area contributed by atoms with Crippen molar-refractivity contribution in [2.75, 3.05) is 0 Å². The number of aryl methyl sites for hydroxylation is 2. The number of rotatable bonds is 5. The van der Waals surface area contributed by atoms with Crippen LogP contribution in [-0.2, 0) is 29.4 Å². The first-order valence-electron chi connectivity index (χ1n) is 7.39. The molecular formula is C16H17NO5S. The third-order valence-corrected chi connectivity index (χ3v) is 5.34. The van der Waals surface area contributed by atoms with Gasteiger partial charge in [-0.3, -0.25) is 0 Å². The Kier molecular flexibility index (Phi) is 4.23. The van der Waals surface area contributed by atoms with E-state index in [9.17, 15) is 13.2 Å². The highest BCUT2D eigenvalue weighted by Gasteiger charge is 2.18. The Morgan fingerprint density at radius 3 is 2.57 bits per heavy atom. The molecule has 6 nitrogen and oxygen atoms in total. The molecule has 0 unspecified atom stereocenters. The average Bonchev–Trinajstić information content (AvgIpc) is 3.02. The first-order chi connectivity index (χ1) is 11.0. The van der Waals surface area contributed by atoms with Crippen LogP contribution in [0.25, 0.3) is 0 Å². The normalized spacial score (nSPS) is 14.4. The molecule has 7 heteroatoms. The van der Waals surface area contributed by atoms with Crippen LogP contribution < -0.4 is 4.72 Å². The summed E-state index contributed by atoms with van der Waals surface area (Å²) in [5.74, 6) is -1.15. The molecule has 0 bridgehead atoms. The van der Waals surface area contributed by atoms with E-state index in [1.807, 2.05) is 6.07 Å². The summed E-state index contributed by atoms with van der Waals surface area (Å²) in [6.07, 6.45) is 4.11. The summed E-state index contributed by atoms with van der Waals surface area (Å²) >= 11 is 0. The van der Waals surface area contributed by atoms with Gasteiger partial charge in [0.2, 0.25) is 15.8 Å². The van der Waals surface area contributed by atoms with Crippen LogP contribution in [0.3, 0.4) is 0 Å². The fraction of sp³-hybridized carbons (Fsp3) is 0.312. The minimum absolute atomic E-state index is 0.0906. The van der Waals surface area contributed by atoms with Gasteiger partial charge in [-0.05, 0) is 61.1 Å². The number of hydrogen-bond acceptors (Lipinski definition) is 4. The van der Waals surface area contributed by atoms with Crippen LogP contribution >= 0.6 is 0 Å². The van der Waals surface area contributed by atoms with Gasteiger partial charge in [-0.15, -0.1) is 0 Å². The van der Waals surface area contributed by atoms with Gasteiger partial charge in [0.15, 0.2) is 0 Å². The minimum Gasteiger partial charge on any atom is -0.475 e. The lowest BCUT2D eigenvalue weighted by atomic mass is 9.92. The number of nitrogens with one attached hydrogen (secondary N) is 1. The van der Waals surface area contributed by atoms with Crippen molar-refractivity contribution in [3.05, 3.63) is 53.0 Å². The van der Waals surface area contributed by atoms with E-state index in [1.165, 1.54) is 17.7 Å². The Bertz CT molecular complexity index is 838. The van der Waals surface area contributed by atoms with Crippen LogP contribution in [0.15, 0.2) is 39.6 Å². The molecule has 1 aliphatic carbocycles. The first-order valence-corrected chi connectivity index (χ1v) is 8.87. The number of sulfonamides is 1. The molecule has 2 N–H and O–H groups in total. The third-order valence-electron chi connectivity index (χ3n) is 3.94. The predicted molar refractivity (Wildman–Crippen MR) is 82.8 cm³/mol. The summed E-state index contributed by atoms with van der Waals surface area (Å²) < 4.78 is 32.2. The zero-order valence-corrected chi connectivity index (χ0v) is 13.2. The van der Waals surface area contributed by atoms with Gasteiger partial charge in [0, 0.05) is 0 Å². The van der Waals surface area contributed by atoms with Crippen LogP contribution in [-0.4, -0.2) is 19.5 Å². The van der Waals surface area contributed by atoms with Gasteiger partial charge in [0.1, 0.15) is 5.76 Å². The fourth-order valence-electron chi connectivity index (χ4n) is 2.71. The van der Waals surface area contributed by atoms with Crippen molar-refractivity contribution < 1.29 is 22.7 Å². The predicted octanol–water partition coefficient (Wildman–Crippen LogP) is 2.34. The first kappa shape index (κ1) is 15.8. The molecule has 0 radical (unpaired) electrons. The van der Waals surface area contributed by atoms with Crippen molar-refractivity contribution in [1.29, 1.82) is 0 Å². The topological polar surface area (TPSA) is 96.6 Å². The maximum Gasteiger partial charge on any atom is 0.371 e. The van der Waals surface area contributed by atoms with Gasteiger partial charge in [-0.1, -0.05) is 6.07 Å². The molecule has 122 valence electrons. The molecule has 3 rings (SSSR count). The molecule has 1 aromatic carbocycles. The average molecular weight is 335 g/mol. The summed E-state index contributed by atoms with van der Waals surface area (Å²) in [5, 5.41) is 8.78. The molecule has 2 aromatic rings. The van der Waals surface area contributed by atoms with E-state index in [1.54, 1.807) is 12.1 Å². The molecule has 0 saturated carbocycles. The Hall–Kier alpha value is -2.12. The van der Waals surface area contributed by atoms with E-state index in [2.05, 4.69) is 4.72 Å². The van der Waals surface area contributed by atoms with Crippen molar-refractivity contribution in [2.45, 2.75) is 37.1 Å². The highest BCUT2D eigenvalue weighted by Crippen LogP contribution is 2.24. The van der Waals surface area contributed by atoms with Gasteiger partial charge >= 0.3 is 5.97 Å². The maximum absolute atomic E-state index is 12.4. The van der Waals surface area contributed by atoms with Crippen molar-refractivity contribution in [2.24, 2.45) is 0 Å². The Morgan fingerprint density at radius 2 is 1.87 bits per heavy atom. The highest BCUT2D eigenvalue weighted by molar-refractivity contribution is 7.89. The molecule has 0 saturated heterocycles. The van der Waals surface area contributed by atoms with E-state index in [4.69, 9.17) is 9.52 Å². The Labute approximate surface area is 134 Å². The van der Waals surface area contributed by atoms with E-state index in [0.717, 1.165) is 31.2 Å². The van der Waals surface area contributed by atoms with E-state index in [-0.39, 0.29) is 23.0 Å². The molecule has 1 heterocycles. The van der Waals surface area contributed by atoms with Crippen molar-refractivity contribution in [3.63, 3.8) is 0 Å². The maximum atomic E-state index is 12.4. The van der Waals surface area contributed by atoms with Crippen LogP contribution in [0.4, 0.5) is 0 Å². The summed E-state index contributed by atoms with van der Waals surface area (Å²) in [4.78, 5) is 11.0. The van der Waals surface area contributed by atoms with Gasteiger partial charge in [0.05, 0.1) is 11.4 Å². The molecule has 23 heavy (non-hydrogen) atoms. The summed E-state index contributed by atoms with van der Waals surface area (Å²) in [6, 6.07) is 7.95. The number of carboxylic acid groups (broad SMARTS) is 1. The van der Waals surface area contributed by atoms with Crippen LogP contribution in [0.2, 0.25) is 0 Å². The van der Waals surface area contributed by atoms with Crippen LogP contribution in [0.5, 0.6) is 0 Å². The number of carbonyl (C=O) groups is 1. The number of benzene rings is 1.